The SMILES string of the molecule is CCC(C#N)N(CC)C(=O)OCc1ccccc1. The van der Waals surface area contributed by atoms with Crippen molar-refractivity contribution in [3.63, 3.8) is 0 Å². The van der Waals surface area contributed by atoms with Crippen LogP contribution in [0.1, 0.15) is 25.8 Å². The number of hydrogen-bond acceptors (Lipinski definition) is 3. The molecule has 0 saturated carbocycles. The van der Waals surface area contributed by atoms with Crippen molar-refractivity contribution in [1.29, 1.82) is 5.26 Å². The van der Waals surface area contributed by atoms with Gasteiger partial charge in [0, 0.05) is 6.54 Å². The monoisotopic (exact) mass is 246 g/mol. The van der Waals surface area contributed by atoms with E-state index in [-0.39, 0.29) is 6.61 Å². The molecule has 1 rings (SSSR count). The molecule has 1 aromatic rings. The second-order valence-corrected chi connectivity index (χ2v) is 3.88. The Labute approximate surface area is 108 Å². The van der Waals surface area contributed by atoms with Gasteiger partial charge >= 0.3 is 6.09 Å². The van der Waals surface area contributed by atoms with Crippen molar-refractivity contribution in [3.05, 3.63) is 35.9 Å². The molecule has 0 aromatic heterocycles. The van der Waals surface area contributed by atoms with Crippen LogP contribution >= 0.6 is 0 Å². The van der Waals surface area contributed by atoms with Gasteiger partial charge < -0.3 is 4.74 Å². The van der Waals surface area contributed by atoms with Crippen LogP contribution in [0, 0.1) is 11.3 Å². The number of nitrogens with zero attached hydrogens (tertiary/aromatic N) is 2. The first-order valence-corrected chi connectivity index (χ1v) is 6.09. The summed E-state index contributed by atoms with van der Waals surface area (Å²) in [6.45, 7) is 4.42. The highest BCUT2D eigenvalue weighted by molar-refractivity contribution is 5.68. The van der Waals surface area contributed by atoms with Crippen molar-refractivity contribution < 1.29 is 9.53 Å². The zero-order valence-electron chi connectivity index (χ0n) is 10.8. The lowest BCUT2D eigenvalue weighted by Gasteiger charge is -2.24. The molecule has 0 fully saturated rings. The van der Waals surface area contributed by atoms with Crippen molar-refractivity contribution in [2.24, 2.45) is 0 Å². The molecule has 0 aliphatic rings. The Balaban J connectivity index is 2.56. The Kier molecular flexibility index (Phi) is 5.72. The first kappa shape index (κ1) is 14.0. The lowest BCUT2D eigenvalue weighted by Crippen LogP contribution is -2.39. The Bertz CT molecular complexity index is 412. The summed E-state index contributed by atoms with van der Waals surface area (Å²) in [5.74, 6) is 0. The number of carbonyl (C=O) groups excluding carboxylic acids is 1. The fraction of sp³-hybridized carbons (Fsp3) is 0.429. The van der Waals surface area contributed by atoms with Crippen molar-refractivity contribution in [1.82, 2.24) is 4.90 Å². The number of amides is 1. The molecule has 1 aromatic carbocycles. The number of ether oxygens (including phenoxy) is 1. The van der Waals surface area contributed by atoms with Gasteiger partial charge in [-0.2, -0.15) is 5.26 Å². The van der Waals surface area contributed by atoms with Gasteiger partial charge in [0.05, 0.1) is 6.07 Å². The standard InChI is InChI=1S/C14H18N2O2/c1-3-13(10-15)16(4-2)14(17)18-11-12-8-6-5-7-9-12/h5-9,13H,3-4,11H2,1-2H3. The third kappa shape index (κ3) is 3.77. The zero-order chi connectivity index (χ0) is 13.4. The van der Waals surface area contributed by atoms with Gasteiger partial charge in [0.2, 0.25) is 0 Å². The molecule has 0 saturated heterocycles. The first-order chi connectivity index (χ1) is 8.72. The molecule has 0 aliphatic carbocycles. The predicted molar refractivity (Wildman–Crippen MR) is 68.7 cm³/mol. The number of carbonyl (C=O) groups is 1. The van der Waals surface area contributed by atoms with Crippen LogP contribution in [0.25, 0.3) is 0 Å². The van der Waals surface area contributed by atoms with Crippen LogP contribution in [0.3, 0.4) is 0 Å². The minimum atomic E-state index is -0.435. The number of nitriles is 1. The minimum Gasteiger partial charge on any atom is -0.445 e. The van der Waals surface area contributed by atoms with Gasteiger partial charge in [-0.25, -0.2) is 4.79 Å². The van der Waals surface area contributed by atoms with Crippen LogP contribution in [0.15, 0.2) is 30.3 Å². The van der Waals surface area contributed by atoms with Crippen LogP contribution in [0.2, 0.25) is 0 Å². The smallest absolute Gasteiger partial charge is 0.411 e. The molecule has 96 valence electrons. The van der Waals surface area contributed by atoms with Gasteiger partial charge in [0.25, 0.3) is 0 Å². The lowest BCUT2D eigenvalue weighted by molar-refractivity contribution is 0.0898. The van der Waals surface area contributed by atoms with E-state index < -0.39 is 12.1 Å². The quantitative estimate of drug-likeness (QED) is 0.802. The second-order valence-electron chi connectivity index (χ2n) is 3.88. The van der Waals surface area contributed by atoms with Crippen LogP contribution in [-0.4, -0.2) is 23.6 Å². The summed E-state index contributed by atoms with van der Waals surface area (Å²) in [6.07, 6.45) is 0.167. The average Bonchev–Trinajstić information content (AvgIpc) is 2.43. The highest BCUT2D eigenvalue weighted by Crippen LogP contribution is 2.08. The molecule has 4 heteroatoms. The first-order valence-electron chi connectivity index (χ1n) is 6.09. The third-order valence-electron chi connectivity index (χ3n) is 2.69. The highest BCUT2D eigenvalue weighted by Gasteiger charge is 2.21. The molecule has 0 N–H and O–H groups in total. The molecule has 0 aliphatic heterocycles. The van der Waals surface area contributed by atoms with Crippen LogP contribution in [0.5, 0.6) is 0 Å². The fourth-order valence-electron chi connectivity index (χ4n) is 1.66. The second kappa shape index (κ2) is 7.33. The average molecular weight is 246 g/mol. The van der Waals surface area contributed by atoms with Crippen molar-refractivity contribution in [2.75, 3.05) is 6.54 Å². The molecular weight excluding hydrogens is 228 g/mol. The Morgan fingerprint density at radius 1 is 1.39 bits per heavy atom. The third-order valence-corrected chi connectivity index (χ3v) is 2.69. The molecule has 4 nitrogen and oxygen atoms in total. The molecule has 0 heterocycles. The normalized spacial score (nSPS) is 11.4. The van der Waals surface area contributed by atoms with Crippen molar-refractivity contribution in [2.45, 2.75) is 32.9 Å². The Morgan fingerprint density at radius 2 is 2.06 bits per heavy atom. The minimum absolute atomic E-state index is 0.234. The zero-order valence-corrected chi connectivity index (χ0v) is 10.8. The molecule has 1 amide bonds. The predicted octanol–water partition coefficient (Wildman–Crippen LogP) is 2.95. The van der Waals surface area contributed by atoms with Crippen LogP contribution in [-0.2, 0) is 11.3 Å². The summed E-state index contributed by atoms with van der Waals surface area (Å²) < 4.78 is 5.20. The van der Waals surface area contributed by atoms with E-state index in [1.165, 1.54) is 4.90 Å². The molecular formula is C14H18N2O2. The topological polar surface area (TPSA) is 53.3 Å². The molecule has 1 unspecified atom stereocenters. The Hall–Kier alpha value is -2.02. The summed E-state index contributed by atoms with van der Waals surface area (Å²) in [6, 6.07) is 11.2. The van der Waals surface area contributed by atoms with Gasteiger partial charge in [0.1, 0.15) is 12.6 Å². The molecule has 0 radical (unpaired) electrons. The van der Waals surface area contributed by atoms with Gasteiger partial charge in [-0.15, -0.1) is 0 Å². The fourth-order valence-corrected chi connectivity index (χ4v) is 1.66. The largest absolute Gasteiger partial charge is 0.445 e. The van der Waals surface area contributed by atoms with Crippen LogP contribution in [0.4, 0.5) is 4.79 Å². The maximum absolute atomic E-state index is 11.9. The maximum atomic E-state index is 11.9. The summed E-state index contributed by atoms with van der Waals surface area (Å²) in [5, 5.41) is 8.96. The summed E-state index contributed by atoms with van der Waals surface area (Å²) >= 11 is 0. The summed E-state index contributed by atoms with van der Waals surface area (Å²) in [4.78, 5) is 13.3. The van der Waals surface area contributed by atoms with Gasteiger partial charge in [-0.1, -0.05) is 37.3 Å². The van der Waals surface area contributed by atoms with E-state index in [2.05, 4.69) is 6.07 Å². The van der Waals surface area contributed by atoms with E-state index in [1.54, 1.807) is 0 Å². The Morgan fingerprint density at radius 3 is 2.56 bits per heavy atom. The van der Waals surface area contributed by atoms with Gasteiger partial charge in [0.15, 0.2) is 0 Å². The number of rotatable bonds is 5. The molecule has 1 atom stereocenters. The highest BCUT2D eigenvalue weighted by atomic mass is 16.6. The van der Waals surface area contributed by atoms with E-state index in [9.17, 15) is 4.79 Å². The van der Waals surface area contributed by atoms with E-state index in [4.69, 9.17) is 10.00 Å². The summed E-state index contributed by atoms with van der Waals surface area (Å²) in [7, 11) is 0. The van der Waals surface area contributed by atoms with E-state index in [0.717, 1.165) is 5.56 Å². The molecule has 0 bridgehead atoms. The van der Waals surface area contributed by atoms with Gasteiger partial charge in [-0.05, 0) is 18.9 Å². The van der Waals surface area contributed by atoms with Crippen molar-refractivity contribution >= 4 is 6.09 Å². The molecule has 18 heavy (non-hydrogen) atoms. The number of hydrogen-bond donors (Lipinski definition) is 0. The number of benzene rings is 1. The summed E-state index contributed by atoms with van der Waals surface area (Å²) in [5.41, 5.74) is 0.937. The van der Waals surface area contributed by atoms with Gasteiger partial charge in [-0.3, -0.25) is 4.90 Å². The maximum Gasteiger partial charge on any atom is 0.411 e. The van der Waals surface area contributed by atoms with E-state index in [1.807, 2.05) is 44.2 Å². The van der Waals surface area contributed by atoms with E-state index >= 15 is 0 Å². The van der Waals surface area contributed by atoms with E-state index in [0.29, 0.717) is 13.0 Å². The van der Waals surface area contributed by atoms with Crippen molar-refractivity contribution in [3.8, 4) is 6.07 Å². The van der Waals surface area contributed by atoms with Crippen LogP contribution < -0.4 is 0 Å². The lowest BCUT2D eigenvalue weighted by atomic mass is 10.2. The molecule has 0 spiro atoms.